The zero-order valence-electron chi connectivity index (χ0n) is 10.9. The van der Waals surface area contributed by atoms with E-state index in [1.807, 2.05) is 24.3 Å². The topological polar surface area (TPSA) is 69.6 Å². The number of hydrogen-bond donors (Lipinski definition) is 2. The van der Waals surface area contributed by atoms with Crippen LogP contribution >= 0.6 is 11.8 Å². The van der Waals surface area contributed by atoms with Crippen molar-refractivity contribution in [1.82, 2.24) is 10.2 Å². The van der Waals surface area contributed by atoms with Gasteiger partial charge in [-0.05, 0) is 11.1 Å². The van der Waals surface area contributed by atoms with Crippen molar-refractivity contribution in [3.05, 3.63) is 35.4 Å². The molecule has 20 heavy (non-hydrogen) atoms. The molecule has 1 aromatic carbocycles. The van der Waals surface area contributed by atoms with Gasteiger partial charge in [-0.15, -0.1) is 11.8 Å². The number of carbonyl (C=O) groups is 2. The van der Waals surface area contributed by atoms with E-state index in [0.29, 0.717) is 18.1 Å². The van der Waals surface area contributed by atoms with E-state index in [4.69, 9.17) is 0 Å². The molecule has 2 amide bonds. The summed E-state index contributed by atoms with van der Waals surface area (Å²) in [6, 6.07) is 7.34. The number of aliphatic hydroxyl groups excluding tert-OH is 1. The lowest BCUT2D eigenvalue weighted by Crippen LogP contribution is -2.41. The Balaban J connectivity index is 1.65. The maximum absolute atomic E-state index is 12.0. The van der Waals surface area contributed by atoms with Gasteiger partial charge < -0.3 is 15.3 Å². The summed E-state index contributed by atoms with van der Waals surface area (Å²) in [5, 5.41) is 12.9. The minimum Gasteiger partial charge on any atom is -0.390 e. The van der Waals surface area contributed by atoms with E-state index in [9.17, 15) is 14.7 Å². The lowest BCUT2D eigenvalue weighted by Gasteiger charge is -2.20. The number of fused-ring (bicyclic) bond motifs is 1. The van der Waals surface area contributed by atoms with Crippen LogP contribution < -0.4 is 5.32 Å². The minimum atomic E-state index is -0.597. The molecule has 0 bridgehead atoms. The summed E-state index contributed by atoms with van der Waals surface area (Å²) in [6.45, 7) is 0.0667. The molecule has 106 valence electrons. The van der Waals surface area contributed by atoms with Gasteiger partial charge in [-0.1, -0.05) is 24.3 Å². The molecule has 1 saturated heterocycles. The molecule has 3 rings (SSSR count). The normalized spacial score (nSPS) is 24.9. The fourth-order valence-electron chi connectivity index (χ4n) is 2.68. The van der Waals surface area contributed by atoms with Crippen LogP contribution in [-0.2, 0) is 16.0 Å². The molecule has 0 radical (unpaired) electrons. The highest BCUT2D eigenvalue weighted by atomic mass is 32.2. The van der Waals surface area contributed by atoms with E-state index in [1.165, 1.54) is 16.7 Å². The van der Waals surface area contributed by atoms with Crippen LogP contribution in [0.1, 0.15) is 17.2 Å². The Labute approximate surface area is 121 Å². The monoisotopic (exact) mass is 292 g/mol. The first kappa shape index (κ1) is 13.5. The van der Waals surface area contributed by atoms with Crippen molar-refractivity contribution in [1.29, 1.82) is 0 Å². The second-order valence-electron chi connectivity index (χ2n) is 5.08. The van der Waals surface area contributed by atoms with Gasteiger partial charge in [0, 0.05) is 6.42 Å². The van der Waals surface area contributed by atoms with Gasteiger partial charge in [0.15, 0.2) is 0 Å². The lowest BCUT2D eigenvalue weighted by molar-refractivity contribution is -0.133. The predicted octanol–water partition coefficient (Wildman–Crippen LogP) is 0.294. The number of carbonyl (C=O) groups excluding carboxylic acids is 2. The van der Waals surface area contributed by atoms with Crippen molar-refractivity contribution < 1.29 is 14.7 Å². The van der Waals surface area contributed by atoms with Crippen LogP contribution in [0.3, 0.4) is 0 Å². The number of amides is 2. The van der Waals surface area contributed by atoms with Crippen LogP contribution in [0.2, 0.25) is 0 Å². The molecule has 2 N–H and O–H groups in total. The Hall–Kier alpha value is -1.53. The standard InChI is InChI=1S/C14H16N2O3S/c17-11-5-9-3-1-2-4-10(9)14(11)15-12(18)6-16-8-20-7-13(16)19/h1-4,11,14,17H,5-8H2,(H,15,18)/t11-,14+/m1/s1. The van der Waals surface area contributed by atoms with E-state index in [2.05, 4.69) is 5.32 Å². The van der Waals surface area contributed by atoms with Crippen molar-refractivity contribution in [2.75, 3.05) is 18.2 Å². The molecular weight excluding hydrogens is 276 g/mol. The highest BCUT2D eigenvalue weighted by Gasteiger charge is 2.32. The Morgan fingerprint density at radius 3 is 3.00 bits per heavy atom. The molecule has 0 unspecified atom stereocenters. The molecular formula is C14H16N2O3S. The molecule has 2 atom stereocenters. The summed E-state index contributed by atoms with van der Waals surface area (Å²) in [5.74, 6) is 0.789. The number of nitrogens with zero attached hydrogens (tertiary/aromatic N) is 1. The second-order valence-corrected chi connectivity index (χ2v) is 6.04. The third-order valence-corrected chi connectivity index (χ3v) is 4.63. The van der Waals surface area contributed by atoms with Gasteiger partial charge in [-0.2, -0.15) is 0 Å². The van der Waals surface area contributed by atoms with E-state index in [1.54, 1.807) is 0 Å². The van der Waals surface area contributed by atoms with Crippen molar-refractivity contribution >= 4 is 23.6 Å². The van der Waals surface area contributed by atoms with E-state index in [0.717, 1.165) is 11.1 Å². The summed E-state index contributed by atoms with van der Waals surface area (Å²) < 4.78 is 0. The summed E-state index contributed by atoms with van der Waals surface area (Å²) in [5.41, 5.74) is 2.04. The van der Waals surface area contributed by atoms with Gasteiger partial charge in [0.25, 0.3) is 0 Å². The number of thioether (sulfide) groups is 1. The van der Waals surface area contributed by atoms with Crippen molar-refractivity contribution in [2.45, 2.75) is 18.6 Å². The van der Waals surface area contributed by atoms with Gasteiger partial charge >= 0.3 is 0 Å². The highest BCUT2D eigenvalue weighted by Crippen LogP contribution is 2.31. The van der Waals surface area contributed by atoms with Crippen LogP contribution in [0.4, 0.5) is 0 Å². The number of benzene rings is 1. The molecule has 0 saturated carbocycles. The summed E-state index contributed by atoms with van der Waals surface area (Å²) in [6.07, 6.45) is -0.0420. The molecule has 1 aliphatic heterocycles. The number of aliphatic hydroxyl groups is 1. The van der Waals surface area contributed by atoms with Crippen molar-refractivity contribution in [2.24, 2.45) is 0 Å². The third kappa shape index (κ3) is 2.53. The fourth-order valence-corrected chi connectivity index (χ4v) is 3.58. The SMILES string of the molecule is O=C(CN1CSCC1=O)N[C@H]1c2ccccc2C[C@H]1O. The Kier molecular flexibility index (Phi) is 3.67. The molecule has 5 nitrogen and oxygen atoms in total. The zero-order chi connectivity index (χ0) is 14.1. The van der Waals surface area contributed by atoms with Gasteiger partial charge in [0.2, 0.25) is 11.8 Å². The number of rotatable bonds is 3. The molecule has 1 fully saturated rings. The first-order chi connectivity index (χ1) is 9.65. The zero-order valence-corrected chi connectivity index (χ0v) is 11.7. The van der Waals surface area contributed by atoms with Gasteiger partial charge in [0.05, 0.1) is 23.8 Å². The average molecular weight is 292 g/mol. The smallest absolute Gasteiger partial charge is 0.240 e. The third-order valence-electron chi connectivity index (χ3n) is 3.68. The number of nitrogens with one attached hydrogen (secondary N) is 1. The maximum atomic E-state index is 12.0. The summed E-state index contributed by atoms with van der Waals surface area (Å²) in [4.78, 5) is 25.1. The summed E-state index contributed by atoms with van der Waals surface area (Å²) >= 11 is 1.51. The molecule has 1 aromatic rings. The second kappa shape index (κ2) is 5.46. The molecule has 6 heteroatoms. The summed E-state index contributed by atoms with van der Waals surface area (Å²) in [7, 11) is 0. The average Bonchev–Trinajstić information content (AvgIpc) is 2.95. The molecule has 1 aliphatic carbocycles. The number of hydrogen-bond acceptors (Lipinski definition) is 4. The largest absolute Gasteiger partial charge is 0.390 e. The van der Waals surface area contributed by atoms with Gasteiger partial charge in [-0.3, -0.25) is 9.59 Å². The van der Waals surface area contributed by atoms with Crippen LogP contribution in [0, 0.1) is 0 Å². The quantitative estimate of drug-likeness (QED) is 0.840. The van der Waals surface area contributed by atoms with E-state index < -0.39 is 6.10 Å². The molecule has 0 aromatic heterocycles. The Morgan fingerprint density at radius 2 is 2.25 bits per heavy atom. The van der Waals surface area contributed by atoms with E-state index in [-0.39, 0.29) is 24.4 Å². The first-order valence-electron chi connectivity index (χ1n) is 6.56. The fraction of sp³-hybridized carbons (Fsp3) is 0.429. The van der Waals surface area contributed by atoms with Crippen LogP contribution in [-0.4, -0.2) is 46.1 Å². The van der Waals surface area contributed by atoms with Crippen molar-refractivity contribution in [3.8, 4) is 0 Å². The predicted molar refractivity (Wildman–Crippen MR) is 76.1 cm³/mol. The molecule has 1 heterocycles. The van der Waals surface area contributed by atoms with E-state index >= 15 is 0 Å². The van der Waals surface area contributed by atoms with Crippen LogP contribution in [0.5, 0.6) is 0 Å². The maximum Gasteiger partial charge on any atom is 0.240 e. The Bertz CT molecular complexity index is 549. The van der Waals surface area contributed by atoms with Crippen molar-refractivity contribution in [3.63, 3.8) is 0 Å². The van der Waals surface area contributed by atoms with Gasteiger partial charge in [-0.25, -0.2) is 0 Å². The Morgan fingerprint density at radius 1 is 1.45 bits per heavy atom. The molecule has 0 spiro atoms. The minimum absolute atomic E-state index is 0.00230. The highest BCUT2D eigenvalue weighted by molar-refractivity contribution is 8.00. The van der Waals surface area contributed by atoms with Crippen LogP contribution in [0.15, 0.2) is 24.3 Å². The van der Waals surface area contributed by atoms with Crippen LogP contribution in [0.25, 0.3) is 0 Å². The molecule has 2 aliphatic rings. The van der Waals surface area contributed by atoms with Gasteiger partial charge in [0.1, 0.15) is 6.54 Å². The first-order valence-corrected chi connectivity index (χ1v) is 7.71. The lowest BCUT2D eigenvalue weighted by atomic mass is 10.1.